The molecule has 102 valence electrons. The number of halogens is 3. The van der Waals surface area contributed by atoms with Gasteiger partial charge in [-0.15, -0.1) is 10.2 Å². The second kappa shape index (κ2) is 5.40. The molecule has 1 atom stereocenters. The zero-order valence-electron chi connectivity index (χ0n) is 10.00. The van der Waals surface area contributed by atoms with Gasteiger partial charge in [0.15, 0.2) is 0 Å². The number of alkyl halides is 3. The quantitative estimate of drug-likeness (QED) is 0.922. The molecule has 18 heavy (non-hydrogen) atoms. The van der Waals surface area contributed by atoms with Gasteiger partial charge < -0.3 is 10.2 Å². The van der Waals surface area contributed by atoms with Crippen LogP contribution in [0.15, 0.2) is 0 Å². The van der Waals surface area contributed by atoms with E-state index in [1.807, 2.05) is 0 Å². The number of piperidine rings is 1. The van der Waals surface area contributed by atoms with Crippen molar-refractivity contribution in [1.82, 2.24) is 15.1 Å². The number of hydrogen-bond acceptors (Lipinski definition) is 5. The Morgan fingerprint density at radius 3 is 2.83 bits per heavy atom. The average Bonchev–Trinajstić information content (AvgIpc) is 2.74. The third-order valence-electron chi connectivity index (χ3n) is 2.93. The summed E-state index contributed by atoms with van der Waals surface area (Å²) in [6, 6.07) is 0. The van der Waals surface area contributed by atoms with Gasteiger partial charge in [-0.05, 0) is 32.4 Å². The molecule has 0 saturated carbocycles. The van der Waals surface area contributed by atoms with Crippen LogP contribution >= 0.6 is 11.3 Å². The molecule has 1 aliphatic rings. The number of nitrogens with one attached hydrogen (secondary N) is 1. The van der Waals surface area contributed by atoms with Crippen LogP contribution < -0.4 is 5.32 Å². The highest BCUT2D eigenvalue weighted by Crippen LogP contribution is 2.33. The Morgan fingerprint density at radius 2 is 2.22 bits per heavy atom. The monoisotopic (exact) mass is 280 g/mol. The zero-order valence-corrected chi connectivity index (χ0v) is 10.8. The van der Waals surface area contributed by atoms with Crippen molar-refractivity contribution in [2.45, 2.75) is 19.0 Å². The molecule has 1 saturated heterocycles. The Hall–Kier alpha value is -0.890. The molecule has 0 aromatic carbocycles. The fourth-order valence-electron chi connectivity index (χ4n) is 2.08. The first kappa shape index (κ1) is 13.5. The first-order valence-corrected chi connectivity index (χ1v) is 6.60. The van der Waals surface area contributed by atoms with Crippen molar-refractivity contribution >= 4 is 16.5 Å². The third-order valence-corrected chi connectivity index (χ3v) is 3.86. The summed E-state index contributed by atoms with van der Waals surface area (Å²) in [7, 11) is 2.05. The van der Waals surface area contributed by atoms with Gasteiger partial charge in [-0.2, -0.15) is 13.2 Å². The number of aromatic nitrogens is 2. The van der Waals surface area contributed by atoms with E-state index < -0.39 is 11.2 Å². The fourth-order valence-corrected chi connectivity index (χ4v) is 2.70. The van der Waals surface area contributed by atoms with Crippen molar-refractivity contribution in [1.29, 1.82) is 0 Å². The summed E-state index contributed by atoms with van der Waals surface area (Å²) in [5, 5.41) is 8.94. The van der Waals surface area contributed by atoms with E-state index in [0.29, 0.717) is 23.8 Å². The lowest BCUT2D eigenvalue weighted by Gasteiger charge is -2.29. The molecule has 4 nitrogen and oxygen atoms in total. The molecule has 1 N–H and O–H groups in total. The first-order chi connectivity index (χ1) is 8.45. The predicted octanol–water partition coefficient (Wildman–Crippen LogP) is 2.31. The van der Waals surface area contributed by atoms with Crippen LogP contribution in [0.4, 0.5) is 18.3 Å². The summed E-state index contributed by atoms with van der Waals surface area (Å²) < 4.78 is 37.0. The van der Waals surface area contributed by atoms with E-state index in [0.717, 1.165) is 25.9 Å². The number of rotatable bonds is 3. The van der Waals surface area contributed by atoms with Gasteiger partial charge in [0.25, 0.3) is 0 Å². The molecule has 2 rings (SSSR count). The zero-order chi connectivity index (χ0) is 13.2. The Labute approximate surface area is 107 Å². The van der Waals surface area contributed by atoms with Crippen molar-refractivity contribution < 1.29 is 13.2 Å². The van der Waals surface area contributed by atoms with Crippen LogP contribution in [0.3, 0.4) is 0 Å². The summed E-state index contributed by atoms with van der Waals surface area (Å²) in [6.45, 7) is 2.71. The lowest BCUT2D eigenvalue weighted by atomic mass is 9.99. The highest BCUT2D eigenvalue weighted by Gasteiger charge is 2.35. The number of hydrogen-bond donors (Lipinski definition) is 1. The van der Waals surface area contributed by atoms with Crippen LogP contribution in [0, 0.1) is 5.92 Å². The minimum Gasteiger partial charge on any atom is -0.360 e. The Bertz CT molecular complexity index is 393. The highest BCUT2D eigenvalue weighted by molar-refractivity contribution is 7.15. The summed E-state index contributed by atoms with van der Waals surface area (Å²) in [5.41, 5.74) is 0. The Morgan fingerprint density at radius 1 is 1.44 bits per heavy atom. The third kappa shape index (κ3) is 3.55. The van der Waals surface area contributed by atoms with Gasteiger partial charge in [0.1, 0.15) is 0 Å². The van der Waals surface area contributed by atoms with Crippen LogP contribution in [0.25, 0.3) is 0 Å². The summed E-state index contributed by atoms with van der Waals surface area (Å²) in [4.78, 5) is 2.23. The molecule has 0 spiro atoms. The van der Waals surface area contributed by atoms with Crippen molar-refractivity contribution in [3.05, 3.63) is 5.01 Å². The Kier molecular flexibility index (Phi) is 4.06. The van der Waals surface area contributed by atoms with Gasteiger partial charge >= 0.3 is 6.18 Å². The van der Waals surface area contributed by atoms with Gasteiger partial charge in [0, 0.05) is 13.1 Å². The van der Waals surface area contributed by atoms with E-state index in [2.05, 4.69) is 27.5 Å². The summed E-state index contributed by atoms with van der Waals surface area (Å²) >= 11 is 0.557. The molecule has 0 amide bonds. The highest BCUT2D eigenvalue weighted by atomic mass is 32.1. The minimum absolute atomic E-state index is 0.246. The molecular weight excluding hydrogens is 265 g/mol. The van der Waals surface area contributed by atoms with E-state index >= 15 is 0 Å². The molecule has 1 aliphatic heterocycles. The largest absolute Gasteiger partial charge is 0.445 e. The molecule has 0 radical (unpaired) electrons. The number of nitrogens with zero attached hydrogens (tertiary/aromatic N) is 3. The molecule has 0 bridgehead atoms. The maximum atomic E-state index is 12.3. The standard InChI is InChI=1S/C10H15F3N4S/c1-17-4-2-3-7(6-17)5-14-9-16-15-8(18-9)10(11,12)13/h7H,2-6H2,1H3,(H,14,16). The molecule has 1 aromatic rings. The van der Waals surface area contributed by atoms with E-state index in [1.165, 1.54) is 0 Å². The summed E-state index contributed by atoms with van der Waals surface area (Å²) in [5.74, 6) is 0.460. The number of likely N-dealkylation sites (tertiary alicyclic amines) is 1. The van der Waals surface area contributed by atoms with Gasteiger partial charge in [0.2, 0.25) is 10.1 Å². The average molecular weight is 280 g/mol. The minimum atomic E-state index is -4.40. The topological polar surface area (TPSA) is 41.0 Å². The van der Waals surface area contributed by atoms with Gasteiger partial charge in [-0.25, -0.2) is 0 Å². The lowest BCUT2D eigenvalue weighted by molar-refractivity contribution is -0.138. The van der Waals surface area contributed by atoms with Crippen LogP contribution in [-0.2, 0) is 6.18 Å². The van der Waals surface area contributed by atoms with Crippen LogP contribution in [-0.4, -0.2) is 41.8 Å². The first-order valence-electron chi connectivity index (χ1n) is 5.78. The fraction of sp³-hybridized carbons (Fsp3) is 0.800. The van der Waals surface area contributed by atoms with Crippen molar-refractivity contribution in [3.8, 4) is 0 Å². The van der Waals surface area contributed by atoms with Crippen molar-refractivity contribution in [3.63, 3.8) is 0 Å². The maximum absolute atomic E-state index is 12.3. The lowest BCUT2D eigenvalue weighted by Crippen LogP contribution is -2.35. The van der Waals surface area contributed by atoms with Crippen LogP contribution in [0.2, 0.25) is 0 Å². The van der Waals surface area contributed by atoms with Gasteiger partial charge in [0.05, 0.1) is 0 Å². The molecule has 2 heterocycles. The van der Waals surface area contributed by atoms with E-state index in [4.69, 9.17) is 0 Å². The molecule has 1 fully saturated rings. The normalized spacial score (nSPS) is 22.1. The SMILES string of the molecule is CN1CCCC(CNc2nnc(C(F)(F)F)s2)C1. The van der Waals surface area contributed by atoms with Crippen molar-refractivity contribution in [2.75, 3.05) is 32.0 Å². The van der Waals surface area contributed by atoms with Crippen molar-refractivity contribution in [2.24, 2.45) is 5.92 Å². The Balaban J connectivity index is 1.85. The summed E-state index contributed by atoms with van der Waals surface area (Å²) in [6.07, 6.45) is -2.17. The molecule has 1 unspecified atom stereocenters. The van der Waals surface area contributed by atoms with Gasteiger partial charge in [-0.3, -0.25) is 0 Å². The van der Waals surface area contributed by atoms with E-state index in [1.54, 1.807) is 0 Å². The second-order valence-electron chi connectivity index (χ2n) is 4.56. The molecular formula is C10H15F3N4S. The van der Waals surface area contributed by atoms with E-state index in [-0.39, 0.29) is 5.13 Å². The van der Waals surface area contributed by atoms with E-state index in [9.17, 15) is 13.2 Å². The van der Waals surface area contributed by atoms with Gasteiger partial charge in [-0.1, -0.05) is 11.3 Å². The van der Waals surface area contributed by atoms with Crippen LogP contribution in [0.1, 0.15) is 17.8 Å². The predicted molar refractivity (Wildman–Crippen MR) is 63.6 cm³/mol. The van der Waals surface area contributed by atoms with Crippen LogP contribution in [0.5, 0.6) is 0 Å². The maximum Gasteiger partial charge on any atom is 0.445 e. The molecule has 8 heteroatoms. The second-order valence-corrected chi connectivity index (χ2v) is 5.54. The smallest absolute Gasteiger partial charge is 0.360 e. The molecule has 1 aromatic heterocycles. The molecule has 0 aliphatic carbocycles. The number of anilines is 1.